The van der Waals surface area contributed by atoms with Crippen molar-refractivity contribution in [3.8, 4) is 16.9 Å². The topological polar surface area (TPSA) is 78.9 Å². The maximum absolute atomic E-state index is 12.7. The molecule has 3 rings (SSSR count). The largest absolute Gasteiger partial charge is 0.462 e. The Morgan fingerprint density at radius 1 is 0.750 bits per heavy atom. The molecule has 234 valence electrons. The molecule has 0 saturated heterocycles. The third-order valence-electron chi connectivity index (χ3n) is 6.79. The van der Waals surface area contributed by atoms with Crippen LogP contribution in [0.5, 0.6) is 5.75 Å². The van der Waals surface area contributed by atoms with Gasteiger partial charge in [-0.1, -0.05) is 56.0 Å². The van der Waals surface area contributed by atoms with E-state index in [9.17, 15) is 27.6 Å². The molecule has 9 heteroatoms. The molecule has 0 bridgehead atoms. The van der Waals surface area contributed by atoms with Crippen LogP contribution in [0.1, 0.15) is 84.6 Å². The monoisotopic (exact) mass is 610 g/mol. The normalized spacial score (nSPS) is 11.8. The number of esters is 3. The fraction of sp³-hybridized carbons (Fsp3) is 0.343. The summed E-state index contributed by atoms with van der Waals surface area (Å²) in [5.41, 5.74) is 1.05. The number of benzene rings is 3. The molecule has 0 fully saturated rings. The molecular weight excluding hydrogens is 573 g/mol. The zero-order valence-corrected chi connectivity index (χ0v) is 24.7. The van der Waals surface area contributed by atoms with Crippen LogP contribution in [0.4, 0.5) is 13.2 Å². The van der Waals surface area contributed by atoms with Gasteiger partial charge in [0.1, 0.15) is 18.5 Å². The molecule has 0 aliphatic carbocycles. The molecule has 1 atom stereocenters. The van der Waals surface area contributed by atoms with Crippen LogP contribution in [0.15, 0.2) is 85.5 Å². The first-order chi connectivity index (χ1) is 21.1. The molecule has 0 aromatic heterocycles. The van der Waals surface area contributed by atoms with Gasteiger partial charge in [0, 0.05) is 6.42 Å². The first-order valence-corrected chi connectivity index (χ1v) is 14.6. The van der Waals surface area contributed by atoms with Crippen molar-refractivity contribution in [2.75, 3.05) is 6.61 Å². The van der Waals surface area contributed by atoms with Crippen LogP contribution in [0, 0.1) is 0 Å². The minimum atomic E-state index is -4.49. The number of alkyl halides is 3. The number of hydrogen-bond donors (Lipinski definition) is 0. The van der Waals surface area contributed by atoms with Gasteiger partial charge < -0.3 is 14.2 Å². The lowest BCUT2D eigenvalue weighted by molar-refractivity contribution is -0.146. The highest BCUT2D eigenvalue weighted by Gasteiger charge is 2.30. The summed E-state index contributed by atoms with van der Waals surface area (Å²) in [4.78, 5) is 36.8. The van der Waals surface area contributed by atoms with Gasteiger partial charge in [-0.3, -0.25) is 4.79 Å². The van der Waals surface area contributed by atoms with Crippen molar-refractivity contribution in [3.63, 3.8) is 0 Å². The number of hydrogen-bond acceptors (Lipinski definition) is 6. The average molecular weight is 611 g/mol. The average Bonchev–Trinajstić information content (AvgIpc) is 3.01. The van der Waals surface area contributed by atoms with E-state index in [-0.39, 0.29) is 23.9 Å². The summed E-state index contributed by atoms with van der Waals surface area (Å²) >= 11 is 0. The molecule has 0 aliphatic rings. The van der Waals surface area contributed by atoms with Crippen LogP contribution >= 0.6 is 0 Å². The molecule has 0 heterocycles. The van der Waals surface area contributed by atoms with Crippen molar-refractivity contribution in [2.45, 2.75) is 70.6 Å². The number of rotatable bonds is 16. The van der Waals surface area contributed by atoms with E-state index in [0.717, 1.165) is 73.9 Å². The second-order valence-electron chi connectivity index (χ2n) is 10.4. The van der Waals surface area contributed by atoms with Gasteiger partial charge in [-0.25, -0.2) is 9.59 Å². The third-order valence-corrected chi connectivity index (χ3v) is 6.79. The van der Waals surface area contributed by atoms with Crippen molar-refractivity contribution in [1.82, 2.24) is 0 Å². The lowest BCUT2D eigenvalue weighted by atomic mass is 10.0. The second-order valence-corrected chi connectivity index (χ2v) is 10.4. The van der Waals surface area contributed by atoms with Crippen LogP contribution in [-0.2, 0) is 20.4 Å². The molecule has 3 aromatic carbocycles. The molecule has 1 unspecified atom stereocenters. The second kappa shape index (κ2) is 17.0. The fourth-order valence-corrected chi connectivity index (χ4v) is 4.31. The van der Waals surface area contributed by atoms with Gasteiger partial charge >= 0.3 is 24.1 Å². The van der Waals surface area contributed by atoms with Crippen LogP contribution in [0.2, 0.25) is 0 Å². The Morgan fingerprint density at radius 3 is 1.86 bits per heavy atom. The molecule has 0 amide bonds. The fourth-order valence-electron chi connectivity index (χ4n) is 4.31. The summed E-state index contributed by atoms with van der Waals surface area (Å²) in [6.45, 7) is 5.36. The van der Waals surface area contributed by atoms with Crippen LogP contribution in [-0.4, -0.2) is 30.6 Å². The zero-order chi connectivity index (χ0) is 32.0. The van der Waals surface area contributed by atoms with Crippen LogP contribution < -0.4 is 4.74 Å². The van der Waals surface area contributed by atoms with E-state index in [4.69, 9.17) is 14.2 Å². The Kier molecular flexibility index (Phi) is 13.2. The third kappa shape index (κ3) is 11.4. The SMILES string of the molecule is C=CCCCCCCCCC(=O)OCC(C)OC(=O)c1ccc(-c2ccc(OC(=O)c3ccc(C(F)(F)F)cc3)cc2)cc1. The first kappa shape index (κ1) is 34.1. The molecule has 0 radical (unpaired) electrons. The number of allylic oxidation sites excluding steroid dienone is 1. The van der Waals surface area contributed by atoms with Crippen LogP contribution in [0.25, 0.3) is 11.1 Å². The Bertz CT molecular complexity index is 1360. The standard InChI is InChI=1S/C35H37F3O6/c1-3-4-5-6-7-8-9-10-11-32(39)42-24-25(2)43-33(40)28-14-12-26(13-15-28)27-18-22-31(23-19-27)44-34(41)29-16-20-30(21-17-29)35(36,37)38/h3,12-23,25H,1,4-11,24H2,2H3. The summed E-state index contributed by atoms with van der Waals surface area (Å²) in [6, 6.07) is 17.0. The highest BCUT2D eigenvalue weighted by atomic mass is 19.4. The minimum Gasteiger partial charge on any atom is -0.462 e. The number of unbranched alkanes of at least 4 members (excludes halogenated alkanes) is 6. The molecule has 44 heavy (non-hydrogen) atoms. The first-order valence-electron chi connectivity index (χ1n) is 14.6. The smallest absolute Gasteiger partial charge is 0.416 e. The van der Waals surface area contributed by atoms with E-state index in [2.05, 4.69) is 6.58 Å². The molecule has 0 saturated carbocycles. The van der Waals surface area contributed by atoms with Gasteiger partial charge in [0.05, 0.1) is 16.7 Å². The van der Waals surface area contributed by atoms with Crippen molar-refractivity contribution >= 4 is 17.9 Å². The van der Waals surface area contributed by atoms with E-state index in [1.165, 1.54) is 6.42 Å². The predicted molar refractivity (Wildman–Crippen MR) is 161 cm³/mol. The van der Waals surface area contributed by atoms with Gasteiger partial charge in [-0.05, 0) is 85.8 Å². The van der Waals surface area contributed by atoms with Crippen molar-refractivity contribution in [1.29, 1.82) is 0 Å². The zero-order valence-electron chi connectivity index (χ0n) is 24.7. The van der Waals surface area contributed by atoms with Crippen molar-refractivity contribution in [3.05, 3.63) is 102 Å². The van der Waals surface area contributed by atoms with E-state index < -0.39 is 29.8 Å². The quantitative estimate of drug-likeness (QED) is 0.0697. The van der Waals surface area contributed by atoms with Gasteiger partial charge in [0.2, 0.25) is 0 Å². The van der Waals surface area contributed by atoms with Gasteiger partial charge in [0.15, 0.2) is 0 Å². The van der Waals surface area contributed by atoms with Gasteiger partial charge in [-0.2, -0.15) is 13.2 Å². The Balaban J connectivity index is 1.40. The van der Waals surface area contributed by atoms with E-state index >= 15 is 0 Å². The van der Waals surface area contributed by atoms with E-state index in [1.54, 1.807) is 55.5 Å². The molecule has 0 aliphatic heterocycles. The lowest BCUT2D eigenvalue weighted by Crippen LogP contribution is -2.22. The number of halogens is 3. The summed E-state index contributed by atoms with van der Waals surface area (Å²) < 4.78 is 54.1. The summed E-state index contributed by atoms with van der Waals surface area (Å²) in [6.07, 6.45) is 4.54. The summed E-state index contributed by atoms with van der Waals surface area (Å²) in [7, 11) is 0. The minimum absolute atomic E-state index is 0.00597. The highest BCUT2D eigenvalue weighted by molar-refractivity contribution is 5.91. The van der Waals surface area contributed by atoms with E-state index in [0.29, 0.717) is 12.0 Å². The molecule has 0 N–H and O–H groups in total. The van der Waals surface area contributed by atoms with Gasteiger partial charge in [0.25, 0.3) is 0 Å². The lowest BCUT2D eigenvalue weighted by Gasteiger charge is -2.14. The summed E-state index contributed by atoms with van der Waals surface area (Å²) in [5.74, 6) is -1.39. The number of carbonyl (C=O) groups is 3. The van der Waals surface area contributed by atoms with Crippen molar-refractivity contribution in [2.24, 2.45) is 0 Å². The maximum Gasteiger partial charge on any atom is 0.416 e. The van der Waals surface area contributed by atoms with Crippen LogP contribution in [0.3, 0.4) is 0 Å². The van der Waals surface area contributed by atoms with Crippen molar-refractivity contribution < 1.29 is 41.8 Å². The Labute approximate surface area is 255 Å². The van der Waals surface area contributed by atoms with Gasteiger partial charge in [-0.15, -0.1) is 6.58 Å². The molecular formula is C35H37F3O6. The number of ether oxygens (including phenoxy) is 3. The Hall–Kier alpha value is -4.40. The molecule has 0 spiro atoms. The predicted octanol–water partition coefficient (Wildman–Crippen LogP) is 8.99. The Morgan fingerprint density at radius 2 is 1.27 bits per heavy atom. The molecule has 3 aromatic rings. The highest BCUT2D eigenvalue weighted by Crippen LogP contribution is 2.29. The summed E-state index contributed by atoms with van der Waals surface area (Å²) in [5, 5.41) is 0. The number of carbonyl (C=O) groups excluding carboxylic acids is 3. The van der Waals surface area contributed by atoms with E-state index in [1.807, 2.05) is 6.08 Å². The maximum atomic E-state index is 12.7. The molecule has 6 nitrogen and oxygen atoms in total.